The van der Waals surface area contributed by atoms with E-state index in [9.17, 15) is 9.59 Å². The summed E-state index contributed by atoms with van der Waals surface area (Å²) in [6.07, 6.45) is 1.62. The van der Waals surface area contributed by atoms with E-state index in [1.807, 2.05) is 0 Å². The lowest BCUT2D eigenvalue weighted by Gasteiger charge is -2.22. The van der Waals surface area contributed by atoms with Crippen LogP contribution < -0.4 is 0 Å². The summed E-state index contributed by atoms with van der Waals surface area (Å²) >= 11 is 0. The molecule has 0 aliphatic carbocycles. The van der Waals surface area contributed by atoms with Crippen LogP contribution >= 0.6 is 0 Å². The lowest BCUT2D eigenvalue weighted by atomic mass is 10.5. The van der Waals surface area contributed by atoms with Crippen LogP contribution in [-0.4, -0.2) is 39.4 Å². The Morgan fingerprint density at radius 1 is 1.38 bits per heavy atom. The highest BCUT2D eigenvalue weighted by Crippen LogP contribution is 2.12. The second kappa shape index (κ2) is 8.46. The molecule has 0 aliphatic rings. The molecule has 0 aromatic heterocycles. The maximum atomic E-state index is 10.7. The van der Waals surface area contributed by atoms with Crippen LogP contribution in [0.15, 0.2) is 12.7 Å². The summed E-state index contributed by atoms with van der Waals surface area (Å²) < 4.78 is 15.2. The van der Waals surface area contributed by atoms with Gasteiger partial charge < -0.3 is 18.4 Å². The molecule has 0 aromatic rings. The van der Waals surface area contributed by atoms with Crippen LogP contribution in [0.2, 0.25) is 6.04 Å². The van der Waals surface area contributed by atoms with Crippen molar-refractivity contribution in [1.29, 1.82) is 0 Å². The summed E-state index contributed by atoms with van der Waals surface area (Å²) in [7, 11) is -3.05. The number of rotatable bonds is 9. The van der Waals surface area contributed by atoms with E-state index in [-0.39, 0.29) is 6.61 Å². The van der Waals surface area contributed by atoms with Crippen molar-refractivity contribution in [2.75, 3.05) is 19.8 Å². The molecule has 0 radical (unpaired) electrons. The third-order valence-electron chi connectivity index (χ3n) is 1.79. The molecule has 0 saturated carbocycles. The van der Waals surface area contributed by atoms with Crippen molar-refractivity contribution >= 4 is 14.8 Å². The van der Waals surface area contributed by atoms with Gasteiger partial charge in [-0.2, -0.15) is 0 Å². The first-order valence-corrected chi connectivity index (χ1v) is 7.34. The van der Waals surface area contributed by atoms with Gasteiger partial charge >= 0.3 is 14.8 Å². The Bertz CT molecular complexity index is 213. The molecule has 0 heterocycles. The van der Waals surface area contributed by atoms with Crippen molar-refractivity contribution in [3.8, 4) is 0 Å². The Balaban J connectivity index is 3.84. The van der Waals surface area contributed by atoms with Crippen LogP contribution in [0.5, 0.6) is 0 Å². The normalized spacial score (nSPS) is 11.2. The van der Waals surface area contributed by atoms with Crippen LogP contribution in [0, 0.1) is 0 Å². The number of carbonyl (C=O) groups excluding carboxylic acids is 1. The number of carbonyl (C=O) groups is 1. The van der Waals surface area contributed by atoms with E-state index in [0.29, 0.717) is 25.7 Å². The summed E-state index contributed by atoms with van der Waals surface area (Å²) in [5, 5.41) is 0. The summed E-state index contributed by atoms with van der Waals surface area (Å²) in [4.78, 5) is 20.7. The smallest absolute Gasteiger partial charge is 0.463 e. The first-order chi connectivity index (χ1) is 7.58. The number of hydrogen-bond acceptors (Lipinski definition) is 5. The number of esters is 1. The minimum Gasteiger partial charge on any atom is -0.463 e. The maximum Gasteiger partial charge on any atom is 0.498 e. The molecule has 0 amide bonds. The van der Waals surface area contributed by atoms with Gasteiger partial charge in [-0.1, -0.05) is 6.58 Å². The molecule has 0 spiro atoms. The molecule has 1 N–H and O–H groups in total. The fraction of sp³-hybridized carbons (Fsp3) is 0.700. The molecule has 0 aliphatic heterocycles. The third-order valence-corrected chi connectivity index (χ3v) is 4.25. The zero-order valence-electron chi connectivity index (χ0n) is 9.90. The van der Waals surface area contributed by atoms with Gasteiger partial charge in [0, 0.05) is 25.3 Å². The average Bonchev–Trinajstić information content (AvgIpc) is 2.25. The molecule has 0 unspecified atom stereocenters. The Labute approximate surface area is 97.4 Å². The fourth-order valence-electron chi connectivity index (χ4n) is 1.16. The van der Waals surface area contributed by atoms with Gasteiger partial charge in [-0.15, -0.1) is 0 Å². The van der Waals surface area contributed by atoms with E-state index in [1.54, 1.807) is 13.8 Å². The number of hydrogen-bond donors (Lipinski definition) is 1. The topological polar surface area (TPSA) is 65.0 Å². The molecular weight excluding hydrogens is 228 g/mol. The Morgan fingerprint density at radius 2 is 1.94 bits per heavy atom. The fourth-order valence-corrected chi connectivity index (χ4v) is 3.03. The average molecular weight is 248 g/mol. The van der Waals surface area contributed by atoms with Crippen molar-refractivity contribution in [3.05, 3.63) is 12.7 Å². The van der Waals surface area contributed by atoms with Gasteiger partial charge in [0.05, 0.1) is 6.61 Å². The van der Waals surface area contributed by atoms with Gasteiger partial charge in [0.2, 0.25) is 0 Å². The Morgan fingerprint density at radius 3 is 2.38 bits per heavy atom. The van der Waals surface area contributed by atoms with Crippen LogP contribution in [0.1, 0.15) is 20.3 Å². The van der Waals surface area contributed by atoms with Gasteiger partial charge in [-0.05, 0) is 20.3 Å². The quantitative estimate of drug-likeness (QED) is 0.286. The van der Waals surface area contributed by atoms with E-state index >= 15 is 0 Å². The van der Waals surface area contributed by atoms with Gasteiger partial charge in [0.15, 0.2) is 0 Å². The van der Waals surface area contributed by atoms with Gasteiger partial charge in [0.1, 0.15) is 0 Å². The zero-order valence-corrected chi connectivity index (χ0v) is 10.9. The van der Waals surface area contributed by atoms with Gasteiger partial charge in [-0.3, -0.25) is 0 Å². The van der Waals surface area contributed by atoms with E-state index in [4.69, 9.17) is 13.6 Å². The minimum atomic E-state index is -3.05. The Hall–Kier alpha value is -0.693. The Kier molecular flexibility index (Phi) is 8.09. The van der Waals surface area contributed by atoms with E-state index in [1.165, 1.54) is 0 Å². The first kappa shape index (κ1) is 15.3. The summed E-state index contributed by atoms with van der Waals surface area (Å²) in [6.45, 7) is 7.94. The minimum absolute atomic E-state index is 0.236. The second-order valence-electron chi connectivity index (χ2n) is 3.05. The maximum absolute atomic E-state index is 10.7. The van der Waals surface area contributed by atoms with Gasteiger partial charge in [-0.25, -0.2) is 4.79 Å². The van der Waals surface area contributed by atoms with E-state index in [2.05, 4.69) is 6.58 Å². The molecule has 6 heteroatoms. The summed E-state index contributed by atoms with van der Waals surface area (Å²) in [6, 6.07) is 0.388. The van der Waals surface area contributed by atoms with Crippen LogP contribution in [-0.2, 0) is 18.4 Å². The lowest BCUT2D eigenvalue weighted by molar-refractivity contribution is -0.137. The molecule has 5 nitrogen and oxygen atoms in total. The third kappa shape index (κ3) is 6.73. The number of ether oxygens (including phenoxy) is 1. The predicted octanol–water partition coefficient (Wildman–Crippen LogP) is 1.11. The van der Waals surface area contributed by atoms with Crippen molar-refractivity contribution in [1.82, 2.24) is 0 Å². The molecule has 0 aromatic carbocycles. The highest BCUT2D eigenvalue weighted by atomic mass is 28.4. The monoisotopic (exact) mass is 248 g/mol. The molecular formula is C10H20O5Si. The van der Waals surface area contributed by atoms with Crippen LogP contribution in [0.3, 0.4) is 0 Å². The van der Waals surface area contributed by atoms with E-state index in [0.717, 1.165) is 6.08 Å². The molecule has 0 bridgehead atoms. The molecule has 0 fully saturated rings. The zero-order chi connectivity index (χ0) is 12.4. The van der Waals surface area contributed by atoms with Crippen molar-refractivity contribution in [3.63, 3.8) is 0 Å². The SMILES string of the molecule is C=CC(=O)OCCC[Si](O)(OCC)OCC. The predicted molar refractivity (Wildman–Crippen MR) is 61.8 cm³/mol. The molecule has 16 heavy (non-hydrogen) atoms. The standard InChI is InChI=1S/C10H20O5Si/c1-4-10(11)13-8-7-9-16(12,14-5-2)15-6-3/h4,12H,1,5-9H2,2-3H3. The molecule has 94 valence electrons. The van der Waals surface area contributed by atoms with E-state index < -0.39 is 14.8 Å². The first-order valence-electron chi connectivity index (χ1n) is 5.37. The van der Waals surface area contributed by atoms with Crippen molar-refractivity contribution in [2.24, 2.45) is 0 Å². The van der Waals surface area contributed by atoms with Crippen molar-refractivity contribution in [2.45, 2.75) is 26.3 Å². The van der Waals surface area contributed by atoms with Crippen LogP contribution in [0.25, 0.3) is 0 Å². The summed E-state index contributed by atoms with van der Waals surface area (Å²) in [5.41, 5.74) is 0. The second-order valence-corrected chi connectivity index (χ2v) is 5.56. The molecule has 0 saturated heterocycles. The lowest BCUT2D eigenvalue weighted by Crippen LogP contribution is -2.42. The molecule has 0 rings (SSSR count). The van der Waals surface area contributed by atoms with Gasteiger partial charge in [0.25, 0.3) is 0 Å². The van der Waals surface area contributed by atoms with Crippen molar-refractivity contribution < 1.29 is 23.2 Å². The highest BCUT2D eigenvalue weighted by Gasteiger charge is 2.35. The largest absolute Gasteiger partial charge is 0.498 e. The highest BCUT2D eigenvalue weighted by molar-refractivity contribution is 6.59. The van der Waals surface area contributed by atoms with Crippen LogP contribution in [0.4, 0.5) is 0 Å². The molecule has 0 atom stereocenters. The summed E-state index contributed by atoms with van der Waals surface area (Å²) in [5.74, 6) is -0.460.